The first-order chi connectivity index (χ1) is 17.4. The number of hydrogen-bond acceptors (Lipinski definition) is 3. The largest absolute Gasteiger partial charge is 0.507 e. The average Bonchev–Trinajstić information content (AvgIpc) is 2.92. The summed E-state index contributed by atoms with van der Waals surface area (Å²) >= 11 is 0. The molecule has 1 atom stereocenters. The highest BCUT2D eigenvalue weighted by molar-refractivity contribution is 5.58. The number of phenols is 1. The molecule has 4 aromatic rings. The van der Waals surface area contributed by atoms with Crippen molar-refractivity contribution in [1.29, 1.82) is 0 Å². The van der Waals surface area contributed by atoms with Crippen molar-refractivity contribution < 1.29 is 14.6 Å². The van der Waals surface area contributed by atoms with Gasteiger partial charge in [0.15, 0.2) is 0 Å². The van der Waals surface area contributed by atoms with Gasteiger partial charge in [0.1, 0.15) is 29.5 Å². The third-order valence-electron chi connectivity index (χ3n) is 7.62. The van der Waals surface area contributed by atoms with Gasteiger partial charge in [0, 0.05) is 11.5 Å². The van der Waals surface area contributed by atoms with Crippen LogP contribution in [0.5, 0.6) is 17.2 Å². The fourth-order valence-electron chi connectivity index (χ4n) is 5.26. The lowest BCUT2D eigenvalue weighted by Crippen LogP contribution is -2.42. The van der Waals surface area contributed by atoms with Gasteiger partial charge in [-0.05, 0) is 86.1 Å². The number of aromatic hydroxyl groups is 1. The first-order valence-electron chi connectivity index (χ1n) is 12.7. The molecule has 0 aromatic heterocycles. The molecule has 0 amide bonds. The van der Waals surface area contributed by atoms with E-state index < -0.39 is 5.60 Å². The molecule has 4 aromatic carbocycles. The Balaban J connectivity index is 1.34. The lowest BCUT2D eigenvalue weighted by Gasteiger charge is -2.37. The zero-order valence-corrected chi connectivity index (χ0v) is 21.5. The highest BCUT2D eigenvalue weighted by Gasteiger charge is 2.35. The molecular formula is C33H34O3. The van der Waals surface area contributed by atoms with Crippen LogP contribution in [0.25, 0.3) is 0 Å². The highest BCUT2D eigenvalue weighted by Crippen LogP contribution is 2.43. The van der Waals surface area contributed by atoms with E-state index in [4.69, 9.17) is 9.47 Å². The van der Waals surface area contributed by atoms with Crippen molar-refractivity contribution in [1.82, 2.24) is 0 Å². The maximum absolute atomic E-state index is 10.5. The maximum atomic E-state index is 10.5. The predicted molar refractivity (Wildman–Crippen MR) is 145 cm³/mol. The average molecular weight is 479 g/mol. The molecule has 0 aliphatic carbocycles. The Bertz CT molecular complexity index is 1300. The van der Waals surface area contributed by atoms with Gasteiger partial charge in [0.2, 0.25) is 0 Å². The van der Waals surface area contributed by atoms with Crippen LogP contribution < -0.4 is 9.47 Å². The van der Waals surface area contributed by atoms with Crippen LogP contribution in [0, 0.1) is 20.8 Å². The summed E-state index contributed by atoms with van der Waals surface area (Å²) < 4.78 is 12.8. The van der Waals surface area contributed by atoms with Crippen molar-refractivity contribution in [3.63, 3.8) is 0 Å². The molecular weight excluding hydrogens is 444 g/mol. The second-order valence-corrected chi connectivity index (χ2v) is 10.2. The Labute approximate surface area is 214 Å². The lowest BCUT2D eigenvalue weighted by atomic mass is 9.85. The Hall–Kier alpha value is -3.72. The molecule has 3 heteroatoms. The monoisotopic (exact) mass is 478 g/mol. The van der Waals surface area contributed by atoms with Crippen LogP contribution in [0.15, 0.2) is 84.9 Å². The third kappa shape index (κ3) is 4.58. The van der Waals surface area contributed by atoms with Gasteiger partial charge in [-0.2, -0.15) is 0 Å². The minimum atomic E-state index is -0.428. The summed E-state index contributed by atoms with van der Waals surface area (Å²) in [6, 6.07) is 29.7. The second-order valence-electron chi connectivity index (χ2n) is 10.2. The van der Waals surface area contributed by atoms with Crippen LogP contribution in [0.4, 0.5) is 0 Å². The van der Waals surface area contributed by atoms with Crippen LogP contribution in [0.3, 0.4) is 0 Å². The molecule has 1 N–H and O–H groups in total. The molecule has 36 heavy (non-hydrogen) atoms. The molecule has 0 saturated heterocycles. The molecule has 1 heterocycles. The van der Waals surface area contributed by atoms with Gasteiger partial charge < -0.3 is 14.6 Å². The van der Waals surface area contributed by atoms with Crippen molar-refractivity contribution in [3.8, 4) is 17.2 Å². The van der Waals surface area contributed by atoms with E-state index in [1.165, 1.54) is 16.7 Å². The molecule has 0 radical (unpaired) electrons. The molecule has 1 aliphatic heterocycles. The van der Waals surface area contributed by atoms with E-state index in [0.717, 1.165) is 46.6 Å². The molecule has 3 nitrogen and oxygen atoms in total. The number of ether oxygens (including phenoxy) is 2. The van der Waals surface area contributed by atoms with Gasteiger partial charge in [0.05, 0.1) is 0 Å². The lowest BCUT2D eigenvalue weighted by molar-refractivity contribution is 0.0166. The van der Waals surface area contributed by atoms with Crippen LogP contribution in [0.2, 0.25) is 0 Å². The van der Waals surface area contributed by atoms with Crippen molar-refractivity contribution in [3.05, 3.63) is 124 Å². The minimum Gasteiger partial charge on any atom is -0.507 e. The quantitative estimate of drug-likeness (QED) is 0.289. The zero-order chi connectivity index (χ0) is 25.3. The van der Waals surface area contributed by atoms with E-state index in [9.17, 15) is 5.11 Å². The third-order valence-corrected chi connectivity index (χ3v) is 7.62. The van der Waals surface area contributed by atoms with Gasteiger partial charge >= 0.3 is 0 Å². The van der Waals surface area contributed by atoms with Crippen molar-refractivity contribution in [2.24, 2.45) is 0 Å². The molecule has 5 rings (SSSR count). The maximum Gasteiger partial charge on any atom is 0.140 e. The molecule has 0 bridgehead atoms. The summed E-state index contributed by atoms with van der Waals surface area (Å²) in [4.78, 5) is 0. The summed E-state index contributed by atoms with van der Waals surface area (Å²) in [5.41, 5.74) is 7.29. The minimum absolute atomic E-state index is 0.169. The summed E-state index contributed by atoms with van der Waals surface area (Å²) in [6.07, 6.45) is 1.70. The SMILES string of the molecule is Cc1c(C)c2c(c(C)c1O)CCC(C)(COc1ccc(C(c3ccccc3)c3ccccc3)cc1)O2. The number of benzene rings is 4. The summed E-state index contributed by atoms with van der Waals surface area (Å²) in [5.74, 6) is 2.30. The van der Waals surface area contributed by atoms with E-state index >= 15 is 0 Å². The standard InChI is InChI=1S/C33H34O3/c1-22-23(2)32-29(24(3)31(22)34)19-20-33(4,36-32)21-35-28-17-15-27(16-18-28)30(25-11-7-5-8-12-25)26-13-9-6-10-14-26/h5-18,30,34H,19-21H2,1-4H3. The first kappa shape index (κ1) is 24.0. The zero-order valence-electron chi connectivity index (χ0n) is 21.5. The smallest absolute Gasteiger partial charge is 0.140 e. The number of phenolic OH excluding ortho intramolecular Hbond substituents is 1. The molecule has 1 aliphatic rings. The van der Waals surface area contributed by atoms with Crippen LogP contribution in [-0.4, -0.2) is 17.3 Å². The number of rotatable bonds is 6. The van der Waals surface area contributed by atoms with Crippen molar-refractivity contribution in [2.75, 3.05) is 6.61 Å². The predicted octanol–water partition coefficient (Wildman–Crippen LogP) is 7.66. The van der Waals surface area contributed by atoms with Gasteiger partial charge in [-0.25, -0.2) is 0 Å². The molecule has 184 valence electrons. The topological polar surface area (TPSA) is 38.7 Å². The van der Waals surface area contributed by atoms with E-state index in [1.54, 1.807) is 0 Å². The van der Waals surface area contributed by atoms with E-state index in [2.05, 4.69) is 91.9 Å². The van der Waals surface area contributed by atoms with Gasteiger partial charge in [-0.3, -0.25) is 0 Å². The second kappa shape index (κ2) is 9.73. The Kier molecular flexibility index (Phi) is 6.49. The fourth-order valence-corrected chi connectivity index (χ4v) is 5.26. The van der Waals surface area contributed by atoms with E-state index in [0.29, 0.717) is 12.4 Å². The van der Waals surface area contributed by atoms with Crippen LogP contribution in [-0.2, 0) is 6.42 Å². The fraction of sp³-hybridized carbons (Fsp3) is 0.273. The summed E-state index contributed by atoms with van der Waals surface area (Å²) in [6.45, 7) is 8.52. The van der Waals surface area contributed by atoms with Gasteiger partial charge in [-0.15, -0.1) is 0 Å². The molecule has 0 spiro atoms. The highest BCUT2D eigenvalue weighted by atomic mass is 16.5. The number of hydrogen-bond donors (Lipinski definition) is 1. The van der Waals surface area contributed by atoms with Gasteiger partial charge in [-0.1, -0.05) is 72.8 Å². The summed E-state index contributed by atoms with van der Waals surface area (Å²) in [7, 11) is 0. The van der Waals surface area contributed by atoms with Crippen LogP contribution in [0.1, 0.15) is 58.2 Å². The van der Waals surface area contributed by atoms with E-state index in [-0.39, 0.29) is 5.92 Å². The number of fused-ring (bicyclic) bond motifs is 1. The van der Waals surface area contributed by atoms with Crippen molar-refractivity contribution in [2.45, 2.75) is 52.1 Å². The van der Waals surface area contributed by atoms with Gasteiger partial charge in [0.25, 0.3) is 0 Å². The normalized spacial score (nSPS) is 16.9. The Morgan fingerprint density at radius 2 is 1.33 bits per heavy atom. The Morgan fingerprint density at radius 1 is 0.778 bits per heavy atom. The summed E-state index contributed by atoms with van der Waals surface area (Å²) in [5, 5.41) is 10.5. The van der Waals surface area contributed by atoms with Crippen LogP contribution >= 0.6 is 0 Å². The molecule has 1 unspecified atom stereocenters. The first-order valence-corrected chi connectivity index (χ1v) is 12.7. The Morgan fingerprint density at radius 3 is 1.92 bits per heavy atom. The molecule has 0 fully saturated rings. The van der Waals surface area contributed by atoms with Crippen molar-refractivity contribution >= 4 is 0 Å². The molecule has 0 saturated carbocycles. The van der Waals surface area contributed by atoms with E-state index in [1.807, 2.05) is 20.8 Å².